The van der Waals surface area contributed by atoms with Gasteiger partial charge in [-0.15, -0.1) is 0 Å². The van der Waals surface area contributed by atoms with Gasteiger partial charge in [-0.3, -0.25) is 9.59 Å². The molecule has 5 nitrogen and oxygen atoms in total. The van der Waals surface area contributed by atoms with Crippen LogP contribution in [0.15, 0.2) is 35.3 Å². The van der Waals surface area contributed by atoms with Gasteiger partial charge in [0.15, 0.2) is 5.43 Å². The summed E-state index contributed by atoms with van der Waals surface area (Å²) in [5.41, 5.74) is 1.70. The fraction of sp³-hybridized carbons (Fsp3) is 0.143. The number of aromatic amines is 1. The number of hydrogen-bond acceptors (Lipinski definition) is 3. The number of nitrogens with one attached hydrogen (secondary N) is 2. The van der Waals surface area contributed by atoms with Crippen LogP contribution in [0.25, 0.3) is 0 Å². The van der Waals surface area contributed by atoms with Crippen molar-refractivity contribution in [3.05, 3.63) is 57.5 Å². The summed E-state index contributed by atoms with van der Waals surface area (Å²) in [7, 11) is 0. The van der Waals surface area contributed by atoms with Crippen molar-refractivity contribution in [2.75, 3.05) is 5.32 Å². The Labute approximate surface area is 109 Å². The van der Waals surface area contributed by atoms with Gasteiger partial charge in [-0.1, -0.05) is 0 Å². The summed E-state index contributed by atoms with van der Waals surface area (Å²) >= 11 is 0. The van der Waals surface area contributed by atoms with Crippen molar-refractivity contribution in [1.82, 2.24) is 4.98 Å². The van der Waals surface area contributed by atoms with Crippen LogP contribution in [0.3, 0.4) is 0 Å². The van der Waals surface area contributed by atoms with Gasteiger partial charge in [-0.05, 0) is 37.6 Å². The van der Waals surface area contributed by atoms with E-state index in [1.54, 1.807) is 19.9 Å². The number of aromatic nitrogens is 1. The molecule has 0 aliphatic carbocycles. The highest BCUT2D eigenvalue weighted by Crippen LogP contribution is 2.20. The Morgan fingerprint density at radius 3 is 2.63 bits per heavy atom. The van der Waals surface area contributed by atoms with Crippen molar-refractivity contribution < 1.29 is 9.90 Å². The average Bonchev–Trinajstić information content (AvgIpc) is 2.32. The zero-order valence-electron chi connectivity index (χ0n) is 10.7. The van der Waals surface area contributed by atoms with Crippen LogP contribution in [0.1, 0.15) is 21.6 Å². The Balaban J connectivity index is 2.28. The van der Waals surface area contributed by atoms with Gasteiger partial charge in [0, 0.05) is 23.6 Å². The van der Waals surface area contributed by atoms with Gasteiger partial charge in [0.25, 0.3) is 5.91 Å². The highest BCUT2D eigenvalue weighted by Gasteiger charge is 2.11. The van der Waals surface area contributed by atoms with Gasteiger partial charge in [0.05, 0.1) is 0 Å². The van der Waals surface area contributed by atoms with E-state index in [9.17, 15) is 14.7 Å². The fourth-order valence-electron chi connectivity index (χ4n) is 1.73. The van der Waals surface area contributed by atoms with Crippen LogP contribution >= 0.6 is 0 Å². The van der Waals surface area contributed by atoms with E-state index in [-0.39, 0.29) is 16.7 Å². The number of H-pyrrole nitrogens is 1. The second-order valence-corrected chi connectivity index (χ2v) is 4.35. The monoisotopic (exact) mass is 258 g/mol. The highest BCUT2D eigenvalue weighted by molar-refractivity contribution is 6.04. The first-order valence-corrected chi connectivity index (χ1v) is 5.77. The number of hydrogen-bond donors (Lipinski definition) is 3. The summed E-state index contributed by atoms with van der Waals surface area (Å²) in [5, 5.41) is 11.9. The molecule has 1 aromatic heterocycles. The maximum absolute atomic E-state index is 12.0. The molecule has 98 valence electrons. The van der Waals surface area contributed by atoms with Gasteiger partial charge in [0.2, 0.25) is 0 Å². The number of aryl methyl sites for hydroxylation is 2. The number of carbonyl (C=O) groups excluding carboxylic acids is 1. The number of pyridine rings is 1. The summed E-state index contributed by atoms with van der Waals surface area (Å²) in [4.78, 5) is 26.5. The highest BCUT2D eigenvalue weighted by atomic mass is 16.3. The van der Waals surface area contributed by atoms with Crippen molar-refractivity contribution >= 4 is 11.6 Å². The van der Waals surface area contributed by atoms with Crippen molar-refractivity contribution in [1.29, 1.82) is 0 Å². The number of rotatable bonds is 2. The smallest absolute Gasteiger partial charge is 0.261 e. The first-order chi connectivity index (χ1) is 8.97. The Kier molecular flexibility index (Phi) is 3.37. The molecule has 0 radical (unpaired) electrons. The van der Waals surface area contributed by atoms with E-state index in [1.165, 1.54) is 24.4 Å². The minimum atomic E-state index is -0.477. The molecule has 1 aromatic carbocycles. The summed E-state index contributed by atoms with van der Waals surface area (Å²) in [6.45, 7) is 3.50. The molecule has 19 heavy (non-hydrogen) atoms. The predicted octanol–water partition coefficient (Wildman–Crippen LogP) is 1.95. The van der Waals surface area contributed by atoms with E-state index < -0.39 is 5.91 Å². The lowest BCUT2D eigenvalue weighted by atomic mass is 10.1. The molecule has 0 aliphatic rings. The molecule has 1 amide bonds. The topological polar surface area (TPSA) is 82.2 Å². The molecular formula is C14H14N2O3. The van der Waals surface area contributed by atoms with Crippen molar-refractivity contribution in [3.63, 3.8) is 0 Å². The minimum Gasteiger partial charge on any atom is -0.508 e. The first kappa shape index (κ1) is 12.9. The molecule has 0 bridgehead atoms. The fourth-order valence-corrected chi connectivity index (χ4v) is 1.73. The maximum atomic E-state index is 12.0. The molecule has 0 fully saturated rings. The molecule has 3 N–H and O–H groups in total. The molecule has 1 heterocycles. The number of phenols is 1. The predicted molar refractivity (Wildman–Crippen MR) is 72.6 cm³/mol. The summed E-state index contributed by atoms with van der Waals surface area (Å²) < 4.78 is 0. The summed E-state index contributed by atoms with van der Waals surface area (Å²) in [5.74, 6) is -0.348. The van der Waals surface area contributed by atoms with Gasteiger partial charge in [-0.2, -0.15) is 0 Å². The number of benzene rings is 1. The second kappa shape index (κ2) is 4.97. The largest absolute Gasteiger partial charge is 0.508 e. The summed E-state index contributed by atoms with van der Waals surface area (Å²) in [6.07, 6.45) is 1.39. The Morgan fingerprint density at radius 2 is 2.00 bits per heavy atom. The van der Waals surface area contributed by atoms with Gasteiger partial charge < -0.3 is 15.4 Å². The Morgan fingerprint density at radius 1 is 1.26 bits per heavy atom. The molecule has 0 unspecified atom stereocenters. The van der Waals surface area contributed by atoms with E-state index in [0.29, 0.717) is 11.4 Å². The van der Waals surface area contributed by atoms with Crippen LogP contribution in [-0.4, -0.2) is 16.0 Å². The molecule has 0 atom stereocenters. The van der Waals surface area contributed by atoms with Crippen molar-refractivity contribution in [2.24, 2.45) is 0 Å². The third-order valence-electron chi connectivity index (χ3n) is 2.76. The van der Waals surface area contributed by atoms with Crippen LogP contribution in [0, 0.1) is 13.8 Å². The quantitative estimate of drug-likeness (QED) is 0.720. The lowest BCUT2D eigenvalue weighted by Gasteiger charge is -2.08. The normalized spacial score (nSPS) is 10.2. The third-order valence-corrected chi connectivity index (χ3v) is 2.76. The van der Waals surface area contributed by atoms with E-state index in [4.69, 9.17) is 0 Å². The maximum Gasteiger partial charge on any atom is 0.261 e. The van der Waals surface area contributed by atoms with Crippen LogP contribution in [0.2, 0.25) is 0 Å². The van der Waals surface area contributed by atoms with E-state index in [2.05, 4.69) is 10.3 Å². The zero-order valence-corrected chi connectivity index (χ0v) is 10.7. The number of carbonyl (C=O) groups is 1. The Hall–Kier alpha value is -2.56. The molecule has 0 aliphatic heterocycles. The second-order valence-electron chi connectivity index (χ2n) is 4.35. The lowest BCUT2D eigenvalue weighted by molar-refractivity contribution is 0.102. The molecule has 5 heteroatoms. The molecule has 2 aromatic rings. The molecule has 0 saturated heterocycles. The van der Waals surface area contributed by atoms with E-state index in [1.807, 2.05) is 0 Å². The minimum absolute atomic E-state index is 0.0538. The molecule has 0 saturated carbocycles. The van der Waals surface area contributed by atoms with Gasteiger partial charge >= 0.3 is 0 Å². The number of aromatic hydroxyl groups is 1. The van der Waals surface area contributed by atoms with Gasteiger partial charge in [0.1, 0.15) is 11.3 Å². The van der Waals surface area contributed by atoms with E-state index in [0.717, 1.165) is 5.56 Å². The number of amides is 1. The summed E-state index contributed by atoms with van der Waals surface area (Å²) in [6, 6.07) is 5.97. The number of phenolic OH excluding ortho intramolecular Hbond substituents is 1. The lowest BCUT2D eigenvalue weighted by Crippen LogP contribution is -2.21. The standard InChI is InChI=1S/C14H14N2O3/c1-8-5-10(17)3-4-12(8)16-14(19)11-7-15-9(2)6-13(11)18/h3-7,17H,1-2H3,(H,15,18)(H,16,19). The van der Waals surface area contributed by atoms with Crippen LogP contribution in [0.5, 0.6) is 5.75 Å². The SMILES string of the molecule is Cc1cc(=O)c(C(=O)Nc2ccc(O)cc2C)c[nH]1. The van der Waals surface area contributed by atoms with Crippen LogP contribution < -0.4 is 10.7 Å². The molecule has 2 rings (SSSR count). The van der Waals surface area contributed by atoms with E-state index >= 15 is 0 Å². The third kappa shape index (κ3) is 2.82. The molecule has 0 spiro atoms. The zero-order chi connectivity index (χ0) is 14.0. The average molecular weight is 258 g/mol. The van der Waals surface area contributed by atoms with Crippen LogP contribution in [-0.2, 0) is 0 Å². The number of anilines is 1. The van der Waals surface area contributed by atoms with Gasteiger partial charge in [-0.25, -0.2) is 0 Å². The first-order valence-electron chi connectivity index (χ1n) is 5.77. The Bertz CT molecular complexity index is 689. The van der Waals surface area contributed by atoms with Crippen molar-refractivity contribution in [2.45, 2.75) is 13.8 Å². The molecular weight excluding hydrogens is 244 g/mol. The van der Waals surface area contributed by atoms with Crippen LogP contribution in [0.4, 0.5) is 5.69 Å². The van der Waals surface area contributed by atoms with Crippen molar-refractivity contribution in [3.8, 4) is 5.75 Å².